The van der Waals surface area contributed by atoms with E-state index in [0.29, 0.717) is 13.1 Å². The topological polar surface area (TPSA) is 59.3 Å². The molecule has 5 nitrogen and oxygen atoms in total. The van der Waals surface area contributed by atoms with Gasteiger partial charge in [-0.05, 0) is 36.2 Å². The zero-order valence-corrected chi connectivity index (χ0v) is 13.1. The number of aryl methyl sites for hydroxylation is 2. The van der Waals surface area contributed by atoms with Gasteiger partial charge < -0.3 is 15.2 Å². The van der Waals surface area contributed by atoms with Crippen molar-refractivity contribution in [2.45, 2.75) is 26.0 Å². The van der Waals surface area contributed by atoms with Gasteiger partial charge >= 0.3 is 0 Å². The summed E-state index contributed by atoms with van der Waals surface area (Å²) in [6, 6.07) is 1.95. The highest BCUT2D eigenvalue weighted by atomic mass is 32.1. The first kappa shape index (κ1) is 15.0. The van der Waals surface area contributed by atoms with Crippen LogP contribution < -0.4 is 10.1 Å². The van der Waals surface area contributed by atoms with Crippen molar-refractivity contribution in [1.29, 1.82) is 0 Å². The van der Waals surface area contributed by atoms with Crippen LogP contribution in [-0.2, 0) is 19.2 Å². The van der Waals surface area contributed by atoms with Gasteiger partial charge in [0.05, 0.1) is 24.0 Å². The van der Waals surface area contributed by atoms with Crippen molar-refractivity contribution >= 4 is 11.3 Å². The number of thiophene rings is 1. The predicted octanol–water partition coefficient (Wildman–Crippen LogP) is 1.80. The van der Waals surface area contributed by atoms with Crippen LogP contribution in [0.5, 0.6) is 5.88 Å². The Kier molecular flexibility index (Phi) is 4.47. The number of hydrogen-bond donors (Lipinski definition) is 2. The molecule has 0 saturated heterocycles. The van der Waals surface area contributed by atoms with E-state index < -0.39 is 5.60 Å². The molecule has 1 unspecified atom stereocenters. The third-order valence-corrected chi connectivity index (χ3v) is 4.08. The third kappa shape index (κ3) is 3.03. The van der Waals surface area contributed by atoms with E-state index in [1.807, 2.05) is 37.7 Å². The molecule has 2 aromatic rings. The summed E-state index contributed by atoms with van der Waals surface area (Å²) in [5, 5.41) is 22.0. The quantitative estimate of drug-likeness (QED) is 0.853. The summed E-state index contributed by atoms with van der Waals surface area (Å²) < 4.78 is 7.08. The highest BCUT2D eigenvalue weighted by Gasteiger charge is 2.23. The van der Waals surface area contributed by atoms with Crippen LogP contribution in [0.4, 0.5) is 0 Å². The van der Waals surface area contributed by atoms with Crippen LogP contribution in [-0.4, -0.2) is 28.5 Å². The average molecular weight is 295 g/mol. The summed E-state index contributed by atoms with van der Waals surface area (Å²) in [4.78, 5) is 0. The average Bonchev–Trinajstić information content (AvgIpc) is 2.99. The second kappa shape index (κ2) is 5.95. The van der Waals surface area contributed by atoms with Crippen molar-refractivity contribution in [2.24, 2.45) is 7.05 Å². The molecule has 0 bridgehead atoms. The number of methoxy groups -OCH3 is 1. The Morgan fingerprint density at radius 2 is 2.30 bits per heavy atom. The zero-order valence-electron chi connectivity index (χ0n) is 12.3. The molecule has 110 valence electrons. The van der Waals surface area contributed by atoms with Crippen molar-refractivity contribution < 1.29 is 9.84 Å². The monoisotopic (exact) mass is 295 g/mol. The van der Waals surface area contributed by atoms with E-state index in [2.05, 4.69) is 10.4 Å². The first-order valence-electron chi connectivity index (χ1n) is 6.48. The summed E-state index contributed by atoms with van der Waals surface area (Å²) in [6.07, 6.45) is 0. The third-order valence-electron chi connectivity index (χ3n) is 3.40. The lowest BCUT2D eigenvalue weighted by Gasteiger charge is -2.23. The van der Waals surface area contributed by atoms with Crippen LogP contribution in [0.3, 0.4) is 0 Å². The smallest absolute Gasteiger partial charge is 0.216 e. The van der Waals surface area contributed by atoms with E-state index in [9.17, 15) is 5.11 Å². The Morgan fingerprint density at radius 3 is 2.90 bits per heavy atom. The molecule has 2 N–H and O–H groups in total. The van der Waals surface area contributed by atoms with Gasteiger partial charge in [0.1, 0.15) is 0 Å². The summed E-state index contributed by atoms with van der Waals surface area (Å²) in [7, 11) is 3.50. The van der Waals surface area contributed by atoms with Gasteiger partial charge in [0.2, 0.25) is 5.88 Å². The van der Waals surface area contributed by atoms with Crippen molar-refractivity contribution in [3.8, 4) is 5.88 Å². The Balaban J connectivity index is 2.00. The van der Waals surface area contributed by atoms with Crippen LogP contribution in [0.15, 0.2) is 16.8 Å². The lowest BCUT2D eigenvalue weighted by molar-refractivity contribution is 0.0570. The van der Waals surface area contributed by atoms with E-state index in [-0.39, 0.29) is 0 Å². The number of rotatable bonds is 6. The normalized spacial score (nSPS) is 14.2. The Labute approximate surface area is 123 Å². The molecule has 2 rings (SSSR count). The molecule has 0 aliphatic rings. The molecule has 0 spiro atoms. The molecule has 0 amide bonds. The van der Waals surface area contributed by atoms with E-state index in [1.54, 1.807) is 23.1 Å². The fraction of sp³-hybridized carbons (Fsp3) is 0.500. The minimum Gasteiger partial charge on any atom is -0.481 e. The molecular formula is C14H21N3O2S. The van der Waals surface area contributed by atoms with E-state index in [0.717, 1.165) is 22.7 Å². The molecule has 2 aromatic heterocycles. The van der Waals surface area contributed by atoms with Crippen LogP contribution in [0, 0.1) is 6.92 Å². The van der Waals surface area contributed by atoms with Crippen LogP contribution in [0.25, 0.3) is 0 Å². The van der Waals surface area contributed by atoms with Crippen LogP contribution in [0.2, 0.25) is 0 Å². The molecular weight excluding hydrogens is 274 g/mol. The molecule has 0 aliphatic carbocycles. The lowest BCUT2D eigenvalue weighted by Crippen LogP contribution is -2.34. The summed E-state index contributed by atoms with van der Waals surface area (Å²) >= 11 is 1.59. The van der Waals surface area contributed by atoms with Gasteiger partial charge in [-0.25, -0.2) is 4.68 Å². The molecule has 6 heteroatoms. The van der Waals surface area contributed by atoms with Crippen molar-refractivity contribution in [1.82, 2.24) is 15.1 Å². The molecule has 1 atom stereocenters. The maximum absolute atomic E-state index is 10.4. The number of ether oxygens (including phenoxy) is 1. The molecule has 0 fully saturated rings. The fourth-order valence-electron chi connectivity index (χ4n) is 2.24. The van der Waals surface area contributed by atoms with Gasteiger partial charge in [0.25, 0.3) is 0 Å². The zero-order chi connectivity index (χ0) is 14.8. The number of hydrogen-bond acceptors (Lipinski definition) is 5. The molecule has 0 radical (unpaired) electrons. The minimum atomic E-state index is -0.872. The number of nitrogens with zero attached hydrogens (tertiary/aromatic N) is 2. The lowest BCUT2D eigenvalue weighted by atomic mass is 9.99. The molecule has 20 heavy (non-hydrogen) atoms. The summed E-state index contributed by atoms with van der Waals surface area (Å²) in [6.45, 7) is 4.86. The molecule has 2 heterocycles. The fourth-order valence-corrected chi connectivity index (χ4v) is 3.03. The molecule has 0 saturated carbocycles. The Hall–Kier alpha value is -1.37. The maximum atomic E-state index is 10.4. The second-order valence-corrected chi connectivity index (χ2v) is 5.87. The van der Waals surface area contributed by atoms with Gasteiger partial charge in [-0.15, -0.1) is 0 Å². The van der Waals surface area contributed by atoms with E-state index in [1.165, 1.54) is 0 Å². The van der Waals surface area contributed by atoms with Crippen molar-refractivity contribution in [2.75, 3.05) is 13.7 Å². The Bertz CT molecular complexity index is 561. The van der Waals surface area contributed by atoms with Gasteiger partial charge in [-0.1, -0.05) is 0 Å². The number of nitrogens with one attached hydrogen (secondary N) is 1. The largest absolute Gasteiger partial charge is 0.481 e. The van der Waals surface area contributed by atoms with E-state index >= 15 is 0 Å². The summed E-state index contributed by atoms with van der Waals surface area (Å²) in [5.41, 5.74) is 2.02. The van der Waals surface area contributed by atoms with Gasteiger partial charge in [0, 0.05) is 20.1 Å². The van der Waals surface area contributed by atoms with Crippen molar-refractivity contribution in [3.63, 3.8) is 0 Å². The highest BCUT2D eigenvalue weighted by molar-refractivity contribution is 7.08. The first-order valence-corrected chi connectivity index (χ1v) is 7.42. The standard InChI is InChI=1S/C14H21N3O2S/c1-10-12(13(19-4)17(3)16-10)7-15-9-14(2,18)11-5-6-20-8-11/h5-6,8,15,18H,7,9H2,1-4H3. The first-order chi connectivity index (χ1) is 9.45. The minimum absolute atomic E-state index is 0.473. The second-order valence-electron chi connectivity index (χ2n) is 5.09. The molecule has 0 aromatic carbocycles. The van der Waals surface area contributed by atoms with Crippen LogP contribution >= 0.6 is 11.3 Å². The molecule has 0 aliphatic heterocycles. The SMILES string of the molecule is COc1c(CNCC(C)(O)c2ccsc2)c(C)nn1C. The summed E-state index contributed by atoms with van der Waals surface area (Å²) in [5.74, 6) is 0.755. The maximum Gasteiger partial charge on any atom is 0.216 e. The van der Waals surface area contributed by atoms with Crippen LogP contribution in [0.1, 0.15) is 23.7 Å². The number of aliphatic hydroxyl groups is 1. The van der Waals surface area contributed by atoms with Gasteiger partial charge in [0.15, 0.2) is 0 Å². The Morgan fingerprint density at radius 1 is 1.55 bits per heavy atom. The predicted molar refractivity (Wildman–Crippen MR) is 80.1 cm³/mol. The number of aromatic nitrogens is 2. The van der Waals surface area contributed by atoms with Crippen molar-refractivity contribution in [3.05, 3.63) is 33.6 Å². The highest BCUT2D eigenvalue weighted by Crippen LogP contribution is 2.23. The van der Waals surface area contributed by atoms with Gasteiger partial charge in [-0.2, -0.15) is 16.4 Å². The van der Waals surface area contributed by atoms with Gasteiger partial charge in [-0.3, -0.25) is 0 Å². The van der Waals surface area contributed by atoms with E-state index in [4.69, 9.17) is 4.74 Å².